The van der Waals surface area contributed by atoms with Gasteiger partial charge in [-0.25, -0.2) is 0 Å². The predicted octanol–water partition coefficient (Wildman–Crippen LogP) is 1.43. The zero-order valence-corrected chi connectivity index (χ0v) is 9.15. The lowest BCUT2D eigenvalue weighted by Gasteiger charge is -2.16. The normalized spacial score (nSPS) is 16.4. The lowest BCUT2D eigenvalue weighted by atomic mass is 10.1. The Morgan fingerprint density at radius 3 is 2.13 bits per heavy atom. The number of aliphatic hydroxyl groups is 1. The average molecular weight is 209 g/mol. The monoisotopic (exact) mass is 209 g/mol. The molecule has 1 saturated heterocycles. The summed E-state index contributed by atoms with van der Waals surface area (Å²) in [4.78, 5) is 0. The summed E-state index contributed by atoms with van der Waals surface area (Å²) in [5, 5.41) is 12.0. The summed E-state index contributed by atoms with van der Waals surface area (Å²) in [5.74, 6) is 0.910. The highest BCUT2D eigenvalue weighted by Crippen LogP contribution is 2.05. The summed E-state index contributed by atoms with van der Waals surface area (Å²) >= 11 is 0. The molecule has 3 heteroatoms. The van der Waals surface area contributed by atoms with E-state index in [4.69, 9.17) is 9.84 Å². The van der Waals surface area contributed by atoms with E-state index in [0.717, 1.165) is 31.7 Å². The number of nitrogens with one attached hydrogen (secondary N) is 1. The van der Waals surface area contributed by atoms with E-state index in [-0.39, 0.29) is 6.10 Å². The molecule has 1 aromatic carbocycles. The Hall–Kier alpha value is -1.06. The number of ether oxygens (including phenoxy) is 1. The average Bonchev–Trinajstić information content (AvgIpc) is 2.32. The molecule has 0 bridgehead atoms. The lowest BCUT2D eigenvalue weighted by Crippen LogP contribution is -2.30. The van der Waals surface area contributed by atoms with Gasteiger partial charge in [-0.3, -0.25) is 0 Å². The summed E-state index contributed by atoms with van der Waals surface area (Å²) < 4.78 is 4.91. The van der Waals surface area contributed by atoms with Gasteiger partial charge in [0.25, 0.3) is 0 Å². The molecule has 0 spiro atoms. The van der Waals surface area contributed by atoms with Crippen LogP contribution in [0.4, 0.5) is 0 Å². The van der Waals surface area contributed by atoms with Gasteiger partial charge < -0.3 is 15.2 Å². The number of benzene rings is 1. The van der Waals surface area contributed by atoms with Gasteiger partial charge in [0.1, 0.15) is 5.75 Å². The van der Waals surface area contributed by atoms with Crippen molar-refractivity contribution >= 4 is 0 Å². The quantitative estimate of drug-likeness (QED) is 0.735. The minimum Gasteiger partial charge on any atom is -0.497 e. The van der Waals surface area contributed by atoms with Crippen LogP contribution in [0.1, 0.15) is 12.8 Å². The third kappa shape index (κ3) is 5.40. The largest absolute Gasteiger partial charge is 0.497 e. The zero-order chi connectivity index (χ0) is 10.9. The number of methoxy groups -OCH3 is 1. The highest BCUT2D eigenvalue weighted by Gasteiger charge is 2.06. The highest BCUT2D eigenvalue weighted by molar-refractivity contribution is 5.20. The second-order valence-corrected chi connectivity index (χ2v) is 3.50. The van der Waals surface area contributed by atoms with Gasteiger partial charge in [0.2, 0.25) is 0 Å². The van der Waals surface area contributed by atoms with Crippen molar-refractivity contribution in [3.05, 3.63) is 30.3 Å². The fourth-order valence-electron chi connectivity index (χ4n) is 1.36. The Bertz CT molecular complexity index is 245. The van der Waals surface area contributed by atoms with Crippen LogP contribution in [0.25, 0.3) is 0 Å². The van der Waals surface area contributed by atoms with Gasteiger partial charge in [-0.15, -0.1) is 0 Å². The molecular formula is C12H19NO2. The Morgan fingerprint density at radius 1 is 1.20 bits per heavy atom. The first-order chi connectivity index (χ1) is 7.33. The van der Waals surface area contributed by atoms with Gasteiger partial charge in [0, 0.05) is 0 Å². The van der Waals surface area contributed by atoms with Crippen molar-refractivity contribution < 1.29 is 9.84 Å². The first-order valence-corrected chi connectivity index (χ1v) is 5.30. The van der Waals surface area contributed by atoms with Crippen molar-refractivity contribution in [2.24, 2.45) is 0 Å². The molecule has 15 heavy (non-hydrogen) atoms. The third-order valence-electron chi connectivity index (χ3n) is 2.29. The zero-order valence-electron chi connectivity index (χ0n) is 9.15. The Morgan fingerprint density at radius 2 is 1.80 bits per heavy atom. The van der Waals surface area contributed by atoms with Crippen LogP contribution < -0.4 is 10.1 Å². The van der Waals surface area contributed by atoms with Crippen LogP contribution in [0.15, 0.2) is 30.3 Å². The minimum atomic E-state index is -0.0266. The molecule has 0 amide bonds. The third-order valence-corrected chi connectivity index (χ3v) is 2.29. The predicted molar refractivity (Wildman–Crippen MR) is 61.1 cm³/mol. The molecule has 1 heterocycles. The molecule has 1 aliphatic heterocycles. The maximum Gasteiger partial charge on any atom is 0.118 e. The van der Waals surface area contributed by atoms with Crippen LogP contribution in [-0.4, -0.2) is 31.4 Å². The molecule has 0 saturated carbocycles. The van der Waals surface area contributed by atoms with Crippen molar-refractivity contribution in [3.63, 3.8) is 0 Å². The number of rotatable bonds is 1. The molecule has 0 aromatic heterocycles. The van der Waals surface area contributed by atoms with Gasteiger partial charge in [-0.2, -0.15) is 0 Å². The maximum atomic E-state index is 8.87. The van der Waals surface area contributed by atoms with Gasteiger partial charge in [0.05, 0.1) is 13.2 Å². The molecular weight excluding hydrogens is 190 g/mol. The van der Waals surface area contributed by atoms with Crippen molar-refractivity contribution in [1.82, 2.24) is 5.32 Å². The first-order valence-electron chi connectivity index (χ1n) is 5.30. The molecule has 1 fully saturated rings. The van der Waals surface area contributed by atoms with Crippen LogP contribution >= 0.6 is 0 Å². The molecule has 2 N–H and O–H groups in total. The maximum absolute atomic E-state index is 8.87. The Balaban J connectivity index is 0.000000151. The fraction of sp³-hybridized carbons (Fsp3) is 0.500. The smallest absolute Gasteiger partial charge is 0.118 e. The summed E-state index contributed by atoms with van der Waals surface area (Å²) in [5.41, 5.74) is 0. The number of hydrogen-bond donors (Lipinski definition) is 2. The minimum absolute atomic E-state index is 0.0266. The molecule has 3 nitrogen and oxygen atoms in total. The van der Waals surface area contributed by atoms with E-state index in [0.29, 0.717) is 0 Å². The van der Waals surface area contributed by atoms with Crippen LogP contribution in [0.2, 0.25) is 0 Å². The molecule has 0 radical (unpaired) electrons. The van der Waals surface area contributed by atoms with E-state index in [1.54, 1.807) is 7.11 Å². The van der Waals surface area contributed by atoms with Crippen LogP contribution in [-0.2, 0) is 0 Å². The van der Waals surface area contributed by atoms with E-state index in [1.165, 1.54) is 0 Å². The number of para-hydroxylation sites is 1. The number of aliphatic hydroxyl groups excluding tert-OH is 1. The topological polar surface area (TPSA) is 41.5 Å². The van der Waals surface area contributed by atoms with Crippen molar-refractivity contribution in [2.45, 2.75) is 18.9 Å². The standard InChI is InChI=1S/C7H8O.C5H11NO/c1-8-7-5-3-2-4-6-7;7-5-1-3-6-4-2-5/h2-6H,1H3;5-7H,1-4H2. The van der Waals surface area contributed by atoms with Crippen LogP contribution in [0.3, 0.4) is 0 Å². The fourth-order valence-corrected chi connectivity index (χ4v) is 1.36. The molecule has 1 aromatic rings. The lowest BCUT2D eigenvalue weighted by molar-refractivity contribution is 0.137. The van der Waals surface area contributed by atoms with E-state index < -0.39 is 0 Å². The van der Waals surface area contributed by atoms with Gasteiger partial charge >= 0.3 is 0 Å². The van der Waals surface area contributed by atoms with Crippen LogP contribution in [0.5, 0.6) is 5.75 Å². The van der Waals surface area contributed by atoms with E-state index in [2.05, 4.69) is 5.32 Å². The molecule has 0 atom stereocenters. The van der Waals surface area contributed by atoms with Crippen molar-refractivity contribution in [3.8, 4) is 5.75 Å². The Labute approximate surface area is 91.1 Å². The van der Waals surface area contributed by atoms with Crippen molar-refractivity contribution in [1.29, 1.82) is 0 Å². The van der Waals surface area contributed by atoms with Crippen LogP contribution in [0, 0.1) is 0 Å². The van der Waals surface area contributed by atoms with E-state index in [1.807, 2.05) is 30.3 Å². The van der Waals surface area contributed by atoms with Gasteiger partial charge in [-0.1, -0.05) is 18.2 Å². The van der Waals surface area contributed by atoms with Gasteiger partial charge in [0.15, 0.2) is 0 Å². The first kappa shape index (κ1) is 12.0. The molecule has 0 unspecified atom stereocenters. The number of hydrogen-bond acceptors (Lipinski definition) is 3. The second kappa shape index (κ2) is 7.26. The summed E-state index contributed by atoms with van der Waals surface area (Å²) in [6.45, 7) is 1.97. The summed E-state index contributed by atoms with van der Waals surface area (Å²) in [6, 6.07) is 9.68. The summed E-state index contributed by atoms with van der Waals surface area (Å²) in [7, 11) is 1.66. The molecule has 1 aliphatic rings. The SMILES string of the molecule is COc1ccccc1.OC1CCNCC1. The highest BCUT2D eigenvalue weighted by atomic mass is 16.5. The number of piperidine rings is 1. The summed E-state index contributed by atoms with van der Waals surface area (Å²) in [6.07, 6.45) is 1.83. The van der Waals surface area contributed by atoms with E-state index in [9.17, 15) is 0 Å². The molecule has 0 aliphatic carbocycles. The Kier molecular flexibility index (Phi) is 5.81. The second-order valence-electron chi connectivity index (χ2n) is 3.50. The van der Waals surface area contributed by atoms with E-state index >= 15 is 0 Å². The molecule has 2 rings (SSSR count). The molecule has 84 valence electrons. The van der Waals surface area contributed by atoms with Gasteiger partial charge in [-0.05, 0) is 38.1 Å². The van der Waals surface area contributed by atoms with Crippen molar-refractivity contribution in [2.75, 3.05) is 20.2 Å².